The van der Waals surface area contributed by atoms with Gasteiger partial charge >= 0.3 is 6.18 Å². The van der Waals surface area contributed by atoms with E-state index < -0.39 is 18.1 Å². The van der Waals surface area contributed by atoms with E-state index >= 15 is 0 Å². The number of alkyl halides is 3. The van der Waals surface area contributed by atoms with Gasteiger partial charge in [0, 0.05) is 26.7 Å². The zero-order chi connectivity index (χ0) is 14.6. The first-order chi connectivity index (χ1) is 8.71. The molecule has 1 heterocycles. The third kappa shape index (κ3) is 4.99. The maximum atomic E-state index is 12.5. The van der Waals surface area contributed by atoms with Crippen molar-refractivity contribution in [2.24, 2.45) is 5.92 Å². The molecule has 4 nitrogen and oxygen atoms in total. The second-order valence-corrected chi connectivity index (χ2v) is 5.34. The molecule has 7 heteroatoms. The van der Waals surface area contributed by atoms with Crippen LogP contribution in [0.5, 0.6) is 0 Å². The summed E-state index contributed by atoms with van der Waals surface area (Å²) < 4.78 is 37.5. The number of hydrogen-bond donors (Lipinski definition) is 1. The zero-order valence-electron chi connectivity index (χ0n) is 11.6. The lowest BCUT2D eigenvalue weighted by atomic mass is 9.93. The minimum Gasteiger partial charge on any atom is -0.343 e. The van der Waals surface area contributed by atoms with Crippen molar-refractivity contribution in [2.75, 3.05) is 40.8 Å². The van der Waals surface area contributed by atoms with Crippen LogP contribution in [-0.2, 0) is 4.79 Å². The van der Waals surface area contributed by atoms with E-state index in [0.717, 1.165) is 6.54 Å². The fraction of sp³-hybridized carbons (Fsp3) is 0.917. The molecule has 19 heavy (non-hydrogen) atoms. The Bertz CT molecular complexity index is 299. The van der Waals surface area contributed by atoms with Crippen LogP contribution in [-0.4, -0.2) is 68.7 Å². The van der Waals surface area contributed by atoms with E-state index in [9.17, 15) is 18.0 Å². The van der Waals surface area contributed by atoms with Gasteiger partial charge in [-0.1, -0.05) is 0 Å². The van der Waals surface area contributed by atoms with Crippen molar-refractivity contribution in [1.29, 1.82) is 0 Å². The number of nitrogens with one attached hydrogen (secondary N) is 1. The Kier molecular flexibility index (Phi) is 5.61. The summed E-state index contributed by atoms with van der Waals surface area (Å²) in [6.07, 6.45) is -3.90. The van der Waals surface area contributed by atoms with Gasteiger partial charge in [0.15, 0.2) is 0 Å². The molecule has 0 radical (unpaired) electrons. The summed E-state index contributed by atoms with van der Waals surface area (Å²) in [5.41, 5.74) is 0. The van der Waals surface area contributed by atoms with Crippen LogP contribution in [0.15, 0.2) is 0 Å². The lowest BCUT2D eigenvalue weighted by molar-refractivity contribution is -0.180. The molecule has 2 unspecified atom stereocenters. The largest absolute Gasteiger partial charge is 0.393 e. The third-order valence-electron chi connectivity index (χ3n) is 3.43. The van der Waals surface area contributed by atoms with Gasteiger partial charge in [0.2, 0.25) is 5.91 Å². The molecule has 0 saturated carbocycles. The monoisotopic (exact) mass is 281 g/mol. The second-order valence-electron chi connectivity index (χ2n) is 5.34. The molecule has 1 aliphatic rings. The molecular weight excluding hydrogens is 259 g/mol. The van der Waals surface area contributed by atoms with Gasteiger partial charge in [0.1, 0.15) is 0 Å². The first-order valence-electron chi connectivity index (χ1n) is 6.41. The Hall–Kier alpha value is -0.820. The molecule has 0 bridgehead atoms. The van der Waals surface area contributed by atoms with Gasteiger partial charge in [-0.3, -0.25) is 4.79 Å². The van der Waals surface area contributed by atoms with Crippen LogP contribution in [0.4, 0.5) is 13.2 Å². The van der Waals surface area contributed by atoms with E-state index in [1.807, 2.05) is 19.0 Å². The lowest BCUT2D eigenvalue weighted by Gasteiger charge is -2.32. The Morgan fingerprint density at radius 2 is 1.84 bits per heavy atom. The molecule has 0 aromatic heterocycles. The Morgan fingerprint density at radius 1 is 1.21 bits per heavy atom. The predicted molar refractivity (Wildman–Crippen MR) is 66.8 cm³/mol. The highest BCUT2D eigenvalue weighted by Crippen LogP contribution is 2.32. The molecule has 1 fully saturated rings. The van der Waals surface area contributed by atoms with Crippen LogP contribution in [0.25, 0.3) is 0 Å². The molecule has 0 spiro atoms. The van der Waals surface area contributed by atoms with Gasteiger partial charge < -0.3 is 15.1 Å². The molecule has 1 rings (SSSR count). The summed E-state index contributed by atoms with van der Waals surface area (Å²) in [5.74, 6) is -1.45. The first-order valence-corrected chi connectivity index (χ1v) is 6.41. The average Bonchev–Trinajstić information content (AvgIpc) is 2.34. The fourth-order valence-corrected chi connectivity index (χ4v) is 2.07. The minimum absolute atomic E-state index is 0.0222. The fourth-order valence-electron chi connectivity index (χ4n) is 2.07. The standard InChI is InChI=1S/C12H22F3N3O/c1-17(2)6-7-18(3)11(19)10-5-4-9(8-16-10)12(13,14)15/h9-10,16H,4-8H2,1-3H3. The summed E-state index contributed by atoms with van der Waals surface area (Å²) in [5, 5.41) is 2.72. The maximum Gasteiger partial charge on any atom is 0.393 e. The number of carbonyl (C=O) groups excluding carboxylic acids is 1. The van der Waals surface area contributed by atoms with E-state index in [1.165, 1.54) is 0 Å². The predicted octanol–water partition coefficient (Wildman–Crippen LogP) is 0.937. The number of rotatable bonds is 4. The molecule has 2 atom stereocenters. The molecule has 112 valence electrons. The average molecular weight is 281 g/mol. The topological polar surface area (TPSA) is 35.6 Å². The van der Waals surface area contributed by atoms with E-state index in [0.29, 0.717) is 6.54 Å². The van der Waals surface area contributed by atoms with Gasteiger partial charge in [-0.15, -0.1) is 0 Å². The molecule has 1 N–H and O–H groups in total. The number of piperidine rings is 1. The SMILES string of the molecule is CN(C)CCN(C)C(=O)C1CCC(C(F)(F)F)CN1. The van der Waals surface area contributed by atoms with Crippen molar-refractivity contribution < 1.29 is 18.0 Å². The van der Waals surface area contributed by atoms with Gasteiger partial charge in [0.05, 0.1) is 12.0 Å². The number of halogens is 3. The summed E-state index contributed by atoms with van der Waals surface area (Å²) in [4.78, 5) is 15.6. The van der Waals surface area contributed by atoms with Gasteiger partial charge in [0.25, 0.3) is 0 Å². The molecule has 0 aromatic rings. The van der Waals surface area contributed by atoms with Crippen molar-refractivity contribution in [1.82, 2.24) is 15.1 Å². The lowest BCUT2D eigenvalue weighted by Crippen LogP contribution is -2.52. The van der Waals surface area contributed by atoms with Crippen molar-refractivity contribution in [3.8, 4) is 0 Å². The summed E-state index contributed by atoms with van der Waals surface area (Å²) in [6.45, 7) is 1.15. The van der Waals surface area contributed by atoms with Crippen molar-refractivity contribution >= 4 is 5.91 Å². The Morgan fingerprint density at radius 3 is 2.26 bits per heavy atom. The van der Waals surface area contributed by atoms with Gasteiger partial charge in [-0.2, -0.15) is 13.2 Å². The van der Waals surface area contributed by atoms with Crippen molar-refractivity contribution in [3.05, 3.63) is 0 Å². The summed E-state index contributed by atoms with van der Waals surface area (Å²) >= 11 is 0. The number of nitrogens with zero attached hydrogens (tertiary/aromatic N) is 2. The van der Waals surface area contributed by atoms with E-state index in [-0.39, 0.29) is 25.3 Å². The van der Waals surface area contributed by atoms with Crippen LogP contribution in [0.2, 0.25) is 0 Å². The van der Waals surface area contributed by atoms with Crippen LogP contribution in [0.3, 0.4) is 0 Å². The van der Waals surface area contributed by atoms with E-state index in [1.54, 1.807) is 11.9 Å². The smallest absolute Gasteiger partial charge is 0.343 e. The molecule has 0 aromatic carbocycles. The molecule has 0 aliphatic carbocycles. The zero-order valence-corrected chi connectivity index (χ0v) is 11.6. The van der Waals surface area contributed by atoms with Crippen LogP contribution in [0.1, 0.15) is 12.8 Å². The van der Waals surface area contributed by atoms with Crippen LogP contribution >= 0.6 is 0 Å². The van der Waals surface area contributed by atoms with E-state index in [4.69, 9.17) is 0 Å². The van der Waals surface area contributed by atoms with Crippen LogP contribution < -0.4 is 5.32 Å². The molecular formula is C12H22F3N3O. The highest BCUT2D eigenvalue weighted by atomic mass is 19.4. The van der Waals surface area contributed by atoms with Crippen molar-refractivity contribution in [3.63, 3.8) is 0 Å². The highest BCUT2D eigenvalue weighted by molar-refractivity contribution is 5.81. The minimum atomic E-state index is -4.17. The highest BCUT2D eigenvalue weighted by Gasteiger charge is 2.42. The normalized spacial score (nSPS) is 24.6. The quantitative estimate of drug-likeness (QED) is 0.833. The Labute approximate surface area is 111 Å². The maximum absolute atomic E-state index is 12.5. The van der Waals surface area contributed by atoms with Gasteiger partial charge in [-0.25, -0.2) is 0 Å². The first kappa shape index (κ1) is 16.2. The van der Waals surface area contributed by atoms with Crippen molar-refractivity contribution in [2.45, 2.75) is 25.1 Å². The van der Waals surface area contributed by atoms with Crippen LogP contribution in [0, 0.1) is 5.92 Å². The molecule has 1 saturated heterocycles. The number of hydrogen-bond acceptors (Lipinski definition) is 3. The molecule has 1 aliphatic heterocycles. The Balaban J connectivity index is 2.40. The number of likely N-dealkylation sites (N-methyl/N-ethyl adjacent to an activating group) is 2. The summed E-state index contributed by atoms with van der Waals surface area (Å²) in [7, 11) is 5.50. The van der Waals surface area contributed by atoms with Gasteiger partial charge in [-0.05, 0) is 26.9 Å². The summed E-state index contributed by atoms with van der Waals surface area (Å²) in [6, 6.07) is -0.481. The third-order valence-corrected chi connectivity index (χ3v) is 3.43. The number of carbonyl (C=O) groups is 1. The second kappa shape index (κ2) is 6.56. The van der Waals surface area contributed by atoms with E-state index in [2.05, 4.69) is 5.32 Å². The number of amides is 1. The molecule has 1 amide bonds.